The van der Waals surface area contributed by atoms with Crippen molar-refractivity contribution in [1.82, 2.24) is 10.2 Å². The number of carbonyl (C=O) groups is 1. The Labute approximate surface area is 106 Å². The summed E-state index contributed by atoms with van der Waals surface area (Å²) in [7, 11) is 0. The predicted molar refractivity (Wildman–Crippen MR) is 71.9 cm³/mol. The van der Waals surface area contributed by atoms with Gasteiger partial charge < -0.3 is 10.2 Å². The van der Waals surface area contributed by atoms with Crippen molar-refractivity contribution in [2.24, 2.45) is 5.92 Å². The minimum atomic E-state index is 0.244. The minimum absolute atomic E-state index is 0.244. The van der Waals surface area contributed by atoms with Crippen molar-refractivity contribution in [2.75, 3.05) is 13.1 Å². The number of piperazine rings is 1. The monoisotopic (exact) mass is 240 g/mol. The first-order valence-electron chi connectivity index (χ1n) is 7.14. The standard InChI is InChI=1S/C14H28N2O/c1-5-7-13(8-6-2)14(17)16-11(3)9-15-10-12(16)4/h11-13,15H,5-10H2,1-4H3. The molecule has 2 unspecified atom stereocenters. The fraction of sp³-hybridized carbons (Fsp3) is 0.929. The lowest BCUT2D eigenvalue weighted by atomic mass is 9.94. The molecule has 0 aromatic rings. The van der Waals surface area contributed by atoms with E-state index in [1.165, 1.54) is 0 Å². The van der Waals surface area contributed by atoms with Gasteiger partial charge in [-0.15, -0.1) is 0 Å². The molecule has 1 fully saturated rings. The van der Waals surface area contributed by atoms with E-state index in [-0.39, 0.29) is 5.92 Å². The van der Waals surface area contributed by atoms with Gasteiger partial charge in [0, 0.05) is 31.1 Å². The third kappa shape index (κ3) is 3.70. The maximum atomic E-state index is 12.6. The van der Waals surface area contributed by atoms with E-state index in [0.717, 1.165) is 38.8 Å². The van der Waals surface area contributed by atoms with E-state index < -0.39 is 0 Å². The van der Waals surface area contributed by atoms with Gasteiger partial charge in [-0.2, -0.15) is 0 Å². The Kier molecular flexibility index (Phi) is 5.96. The van der Waals surface area contributed by atoms with Gasteiger partial charge in [-0.25, -0.2) is 0 Å². The highest BCUT2D eigenvalue weighted by Crippen LogP contribution is 2.21. The number of hydrogen-bond acceptors (Lipinski definition) is 2. The highest BCUT2D eigenvalue weighted by Gasteiger charge is 2.32. The zero-order valence-electron chi connectivity index (χ0n) is 11.8. The summed E-state index contributed by atoms with van der Waals surface area (Å²) < 4.78 is 0. The summed E-state index contributed by atoms with van der Waals surface area (Å²) in [4.78, 5) is 14.7. The molecule has 0 aromatic heterocycles. The lowest BCUT2D eigenvalue weighted by Crippen LogP contribution is -2.58. The van der Waals surface area contributed by atoms with Crippen molar-refractivity contribution in [3.8, 4) is 0 Å². The molecular weight excluding hydrogens is 212 g/mol. The van der Waals surface area contributed by atoms with Gasteiger partial charge in [-0.1, -0.05) is 26.7 Å². The molecule has 1 saturated heterocycles. The average Bonchev–Trinajstić information content (AvgIpc) is 2.28. The second kappa shape index (κ2) is 7.00. The number of hydrogen-bond donors (Lipinski definition) is 1. The zero-order valence-corrected chi connectivity index (χ0v) is 11.8. The quantitative estimate of drug-likeness (QED) is 0.800. The molecule has 1 amide bonds. The first-order valence-corrected chi connectivity index (χ1v) is 7.14. The Balaban J connectivity index is 2.69. The van der Waals surface area contributed by atoms with E-state index in [1.54, 1.807) is 0 Å². The van der Waals surface area contributed by atoms with E-state index in [4.69, 9.17) is 0 Å². The van der Waals surface area contributed by atoms with Crippen molar-refractivity contribution in [3.63, 3.8) is 0 Å². The first-order chi connectivity index (χ1) is 8.11. The van der Waals surface area contributed by atoms with Gasteiger partial charge in [0.05, 0.1) is 0 Å². The maximum absolute atomic E-state index is 12.6. The Morgan fingerprint density at radius 2 is 1.65 bits per heavy atom. The fourth-order valence-electron chi connectivity index (χ4n) is 2.87. The van der Waals surface area contributed by atoms with E-state index in [2.05, 4.69) is 37.9 Å². The van der Waals surface area contributed by atoms with Gasteiger partial charge in [0.1, 0.15) is 0 Å². The summed E-state index contributed by atoms with van der Waals surface area (Å²) >= 11 is 0. The van der Waals surface area contributed by atoms with E-state index in [0.29, 0.717) is 18.0 Å². The van der Waals surface area contributed by atoms with Crippen LogP contribution in [0.2, 0.25) is 0 Å². The highest BCUT2D eigenvalue weighted by atomic mass is 16.2. The second-order valence-electron chi connectivity index (χ2n) is 5.38. The van der Waals surface area contributed by atoms with Crippen LogP contribution in [0, 0.1) is 5.92 Å². The topological polar surface area (TPSA) is 32.3 Å². The van der Waals surface area contributed by atoms with E-state index in [1.807, 2.05) is 0 Å². The molecule has 100 valence electrons. The lowest BCUT2D eigenvalue weighted by Gasteiger charge is -2.41. The Morgan fingerprint density at radius 1 is 1.18 bits per heavy atom. The lowest BCUT2D eigenvalue weighted by molar-refractivity contribution is -0.141. The third-order valence-corrected chi connectivity index (χ3v) is 3.71. The number of rotatable bonds is 5. The van der Waals surface area contributed by atoms with Gasteiger partial charge in [0.25, 0.3) is 0 Å². The molecule has 1 aliphatic heterocycles. The van der Waals surface area contributed by atoms with Crippen LogP contribution in [-0.4, -0.2) is 36.0 Å². The van der Waals surface area contributed by atoms with Crippen LogP contribution in [0.25, 0.3) is 0 Å². The SMILES string of the molecule is CCCC(CCC)C(=O)N1C(C)CNCC1C. The molecule has 2 atom stereocenters. The van der Waals surface area contributed by atoms with E-state index in [9.17, 15) is 4.79 Å². The summed E-state index contributed by atoms with van der Waals surface area (Å²) in [6.07, 6.45) is 4.28. The van der Waals surface area contributed by atoms with Crippen LogP contribution in [0.3, 0.4) is 0 Å². The molecule has 3 heteroatoms. The van der Waals surface area contributed by atoms with Crippen LogP contribution in [-0.2, 0) is 4.79 Å². The van der Waals surface area contributed by atoms with Gasteiger partial charge in [0.15, 0.2) is 0 Å². The summed E-state index contributed by atoms with van der Waals surface area (Å²) in [5.41, 5.74) is 0. The number of nitrogens with zero attached hydrogens (tertiary/aromatic N) is 1. The molecule has 17 heavy (non-hydrogen) atoms. The average molecular weight is 240 g/mol. The molecule has 1 aliphatic rings. The second-order valence-corrected chi connectivity index (χ2v) is 5.38. The largest absolute Gasteiger partial charge is 0.334 e. The Hall–Kier alpha value is -0.570. The molecular formula is C14H28N2O. The van der Waals surface area contributed by atoms with Crippen molar-refractivity contribution < 1.29 is 4.79 Å². The van der Waals surface area contributed by atoms with Crippen LogP contribution in [0.5, 0.6) is 0 Å². The first kappa shape index (κ1) is 14.5. The zero-order chi connectivity index (χ0) is 12.8. The van der Waals surface area contributed by atoms with Crippen LogP contribution in [0.4, 0.5) is 0 Å². The molecule has 1 heterocycles. The van der Waals surface area contributed by atoms with Crippen molar-refractivity contribution in [1.29, 1.82) is 0 Å². The number of nitrogens with one attached hydrogen (secondary N) is 1. The molecule has 3 nitrogen and oxygen atoms in total. The molecule has 1 N–H and O–H groups in total. The van der Waals surface area contributed by atoms with Crippen molar-refractivity contribution in [2.45, 2.75) is 65.5 Å². The smallest absolute Gasteiger partial charge is 0.226 e. The summed E-state index contributed by atoms with van der Waals surface area (Å²) in [5, 5.41) is 3.38. The van der Waals surface area contributed by atoms with Crippen LogP contribution in [0.1, 0.15) is 53.4 Å². The predicted octanol–water partition coefficient (Wildman–Crippen LogP) is 2.41. The van der Waals surface area contributed by atoms with Crippen LogP contribution in [0.15, 0.2) is 0 Å². The van der Waals surface area contributed by atoms with Crippen LogP contribution >= 0.6 is 0 Å². The highest BCUT2D eigenvalue weighted by molar-refractivity contribution is 5.79. The molecule has 0 aromatic carbocycles. The number of carbonyl (C=O) groups excluding carboxylic acids is 1. The molecule has 0 saturated carbocycles. The van der Waals surface area contributed by atoms with Crippen molar-refractivity contribution in [3.05, 3.63) is 0 Å². The Bertz CT molecular complexity index is 226. The van der Waals surface area contributed by atoms with E-state index >= 15 is 0 Å². The Morgan fingerprint density at radius 3 is 2.06 bits per heavy atom. The van der Waals surface area contributed by atoms with Gasteiger partial charge in [-0.05, 0) is 26.7 Å². The molecule has 0 bridgehead atoms. The number of amides is 1. The summed E-state index contributed by atoms with van der Waals surface area (Å²) in [6.45, 7) is 10.5. The van der Waals surface area contributed by atoms with Crippen molar-refractivity contribution >= 4 is 5.91 Å². The van der Waals surface area contributed by atoms with Crippen LogP contribution < -0.4 is 5.32 Å². The molecule has 0 radical (unpaired) electrons. The summed E-state index contributed by atoms with van der Waals surface area (Å²) in [5.74, 6) is 0.628. The molecule has 1 rings (SSSR count). The fourth-order valence-corrected chi connectivity index (χ4v) is 2.87. The maximum Gasteiger partial charge on any atom is 0.226 e. The third-order valence-electron chi connectivity index (χ3n) is 3.71. The normalized spacial score (nSPS) is 25.4. The molecule has 0 aliphatic carbocycles. The van der Waals surface area contributed by atoms with Gasteiger partial charge in [-0.3, -0.25) is 4.79 Å². The van der Waals surface area contributed by atoms with Gasteiger partial charge >= 0.3 is 0 Å². The minimum Gasteiger partial charge on any atom is -0.334 e. The molecule has 0 spiro atoms. The summed E-state index contributed by atoms with van der Waals surface area (Å²) in [6, 6.07) is 0.671. The van der Waals surface area contributed by atoms with Gasteiger partial charge in [0.2, 0.25) is 5.91 Å².